The summed E-state index contributed by atoms with van der Waals surface area (Å²) < 4.78 is 17.7. The number of amides is 2. The molecule has 1 aliphatic rings. The monoisotopic (exact) mass is 561 g/mol. The van der Waals surface area contributed by atoms with Crippen LogP contribution in [-0.4, -0.2) is 32.4 Å². The van der Waals surface area contributed by atoms with Crippen molar-refractivity contribution in [2.75, 3.05) is 17.3 Å². The molecule has 2 aromatic carbocycles. The van der Waals surface area contributed by atoms with Gasteiger partial charge in [-0.1, -0.05) is 32.9 Å². The molecule has 2 aromatic heterocycles. The Kier molecular flexibility index (Phi) is 6.64. The molecule has 0 aliphatic carbocycles. The van der Waals surface area contributed by atoms with E-state index < -0.39 is 14.3 Å². The summed E-state index contributed by atoms with van der Waals surface area (Å²) in [5, 5.41) is 3.63. The number of esters is 1. The minimum absolute atomic E-state index is 0.0473. The maximum atomic E-state index is 13.3. The summed E-state index contributed by atoms with van der Waals surface area (Å²) in [7, 11) is -0.753. The Bertz CT molecular complexity index is 1610. The number of nitrogens with zero attached hydrogens (tertiary/aromatic N) is 2. The van der Waals surface area contributed by atoms with Crippen LogP contribution >= 0.6 is 11.3 Å². The molecule has 5 rings (SSSR count). The smallest absolute Gasteiger partial charge is 0.350 e. The molecule has 0 saturated carbocycles. The molecular formula is C29H31N3O5SSi. The van der Waals surface area contributed by atoms with Gasteiger partial charge in [-0.15, -0.1) is 11.3 Å². The highest BCUT2D eigenvalue weighted by Gasteiger charge is 2.39. The normalized spacial score (nSPS) is 13.3. The van der Waals surface area contributed by atoms with Crippen molar-refractivity contribution < 1.29 is 23.5 Å². The number of aryl methyl sites for hydroxylation is 1. The Morgan fingerprint density at radius 2 is 1.77 bits per heavy atom. The number of ether oxygens (including phenoxy) is 2. The predicted molar refractivity (Wildman–Crippen MR) is 158 cm³/mol. The summed E-state index contributed by atoms with van der Waals surface area (Å²) in [4.78, 5) is 32.6. The van der Waals surface area contributed by atoms with Gasteiger partial charge in [-0.2, -0.15) is 0 Å². The number of pyridine rings is 1. The summed E-state index contributed by atoms with van der Waals surface area (Å²) in [5.41, 5.74) is 2.61. The molecule has 0 spiro atoms. The minimum Gasteiger partial charge on any atom is -0.541 e. The second-order valence-electron chi connectivity index (χ2n) is 10.9. The molecule has 8 nitrogen and oxygen atoms in total. The second-order valence-corrected chi connectivity index (χ2v) is 16.7. The third-order valence-electron chi connectivity index (χ3n) is 7.27. The van der Waals surface area contributed by atoms with Crippen molar-refractivity contribution in [1.82, 2.24) is 4.98 Å². The minimum atomic E-state index is -2.07. The van der Waals surface area contributed by atoms with E-state index in [1.165, 1.54) is 18.4 Å². The number of carbonyl (C=O) groups is 2. The van der Waals surface area contributed by atoms with Gasteiger partial charge in [0.15, 0.2) is 5.75 Å². The van der Waals surface area contributed by atoms with Crippen LogP contribution in [0.15, 0.2) is 54.7 Å². The van der Waals surface area contributed by atoms with Gasteiger partial charge in [0.1, 0.15) is 21.2 Å². The third-order valence-corrected chi connectivity index (χ3v) is 12.7. The Labute approximate surface area is 232 Å². The van der Waals surface area contributed by atoms with E-state index in [9.17, 15) is 9.59 Å². The lowest BCUT2D eigenvalue weighted by Crippen LogP contribution is -2.43. The van der Waals surface area contributed by atoms with E-state index in [-0.39, 0.29) is 11.1 Å². The number of urea groups is 1. The molecule has 0 unspecified atom stereocenters. The number of aromatic nitrogens is 1. The molecule has 4 aromatic rings. The summed E-state index contributed by atoms with van der Waals surface area (Å²) in [6.07, 6.45) is 1.64. The van der Waals surface area contributed by atoms with Gasteiger partial charge in [-0.3, -0.25) is 4.90 Å². The highest BCUT2D eigenvalue weighted by atomic mass is 32.1. The van der Waals surface area contributed by atoms with Crippen LogP contribution in [0.3, 0.4) is 0 Å². The van der Waals surface area contributed by atoms with Crippen LogP contribution in [0.5, 0.6) is 17.2 Å². The molecule has 0 saturated heterocycles. The largest absolute Gasteiger partial charge is 0.541 e. The fourth-order valence-electron chi connectivity index (χ4n) is 4.18. The Hall–Kier alpha value is -3.89. The maximum absolute atomic E-state index is 13.3. The maximum Gasteiger partial charge on any atom is 0.350 e. The first-order valence-electron chi connectivity index (χ1n) is 12.6. The van der Waals surface area contributed by atoms with Crippen molar-refractivity contribution in [2.24, 2.45) is 0 Å². The Morgan fingerprint density at radius 1 is 1.05 bits per heavy atom. The number of nitrogens with one attached hydrogen (secondary N) is 1. The highest BCUT2D eigenvalue weighted by Crippen LogP contribution is 2.47. The topological polar surface area (TPSA) is 90.0 Å². The SMILES string of the molecule is COC(=O)c1sc2nccc3c2c1NC(=O)N3c1ccc(Oc2ccccc2O[Si](C)(C)C(C)(C)C)cc1C. The fourth-order valence-corrected chi connectivity index (χ4v) is 6.24. The number of hydrogen-bond acceptors (Lipinski definition) is 7. The zero-order chi connectivity index (χ0) is 28.1. The van der Waals surface area contributed by atoms with Crippen molar-refractivity contribution in [2.45, 2.75) is 45.8 Å². The van der Waals surface area contributed by atoms with E-state index in [4.69, 9.17) is 13.9 Å². The van der Waals surface area contributed by atoms with Crippen LogP contribution in [0.1, 0.15) is 36.0 Å². The molecule has 3 heterocycles. The van der Waals surface area contributed by atoms with Gasteiger partial charge in [0, 0.05) is 6.20 Å². The van der Waals surface area contributed by atoms with E-state index in [0.29, 0.717) is 49.4 Å². The standard InChI is InChI=1S/C29H31N3O5SSi/c1-17-16-18(36-21-10-8-9-11-22(21)37-39(6,7)29(2,3)4)12-13-19(17)32-20-14-15-30-26-23(20)24(31-28(32)34)25(38-26)27(33)35-5/h8-16H,1-7H3,(H,31,34). The number of anilines is 3. The summed E-state index contributed by atoms with van der Waals surface area (Å²) in [6, 6.07) is 14.7. The van der Waals surface area contributed by atoms with Crippen LogP contribution in [0.2, 0.25) is 18.1 Å². The van der Waals surface area contributed by atoms with Gasteiger partial charge in [0.05, 0.1) is 29.6 Å². The molecule has 0 fully saturated rings. The Morgan fingerprint density at radius 3 is 2.44 bits per heavy atom. The first-order chi connectivity index (χ1) is 18.4. The van der Waals surface area contributed by atoms with Crippen molar-refractivity contribution in [3.8, 4) is 17.2 Å². The van der Waals surface area contributed by atoms with Crippen LogP contribution in [0.4, 0.5) is 21.9 Å². The van der Waals surface area contributed by atoms with Gasteiger partial charge >= 0.3 is 12.0 Å². The second kappa shape index (κ2) is 9.69. The predicted octanol–water partition coefficient (Wildman–Crippen LogP) is 8.25. The van der Waals surface area contributed by atoms with Crippen molar-refractivity contribution in [3.63, 3.8) is 0 Å². The number of para-hydroxylation sites is 2. The average molecular weight is 562 g/mol. The van der Waals surface area contributed by atoms with E-state index in [1.54, 1.807) is 17.2 Å². The van der Waals surface area contributed by atoms with E-state index in [1.807, 2.05) is 49.4 Å². The van der Waals surface area contributed by atoms with Gasteiger partial charge in [0.25, 0.3) is 8.32 Å². The molecule has 1 N–H and O–H groups in total. The molecule has 1 aliphatic heterocycles. The number of thiophene rings is 1. The zero-order valence-corrected chi connectivity index (χ0v) is 24.9. The molecule has 0 atom stereocenters. The number of hydrogen-bond donors (Lipinski definition) is 1. The quantitative estimate of drug-likeness (QED) is 0.188. The van der Waals surface area contributed by atoms with Gasteiger partial charge in [-0.05, 0) is 67.0 Å². The number of carbonyl (C=O) groups excluding carboxylic acids is 2. The lowest BCUT2D eigenvalue weighted by Gasteiger charge is -2.36. The van der Waals surface area contributed by atoms with Gasteiger partial charge in [0.2, 0.25) is 0 Å². The lowest BCUT2D eigenvalue weighted by atomic mass is 10.1. The van der Waals surface area contributed by atoms with Crippen LogP contribution < -0.4 is 19.4 Å². The number of methoxy groups -OCH3 is 1. The van der Waals surface area contributed by atoms with E-state index in [0.717, 1.165) is 5.56 Å². The number of rotatable bonds is 6. The van der Waals surface area contributed by atoms with Crippen molar-refractivity contribution >= 4 is 58.9 Å². The first kappa shape index (κ1) is 26.7. The van der Waals surface area contributed by atoms with Crippen molar-refractivity contribution in [1.29, 1.82) is 0 Å². The summed E-state index contributed by atoms with van der Waals surface area (Å²) in [5.74, 6) is 1.47. The third kappa shape index (κ3) is 4.74. The molecule has 0 radical (unpaired) electrons. The highest BCUT2D eigenvalue weighted by molar-refractivity contribution is 7.21. The first-order valence-corrected chi connectivity index (χ1v) is 16.3. The van der Waals surface area contributed by atoms with E-state index in [2.05, 4.69) is 44.2 Å². The average Bonchev–Trinajstić information content (AvgIpc) is 3.24. The number of benzene rings is 2. The van der Waals surface area contributed by atoms with E-state index >= 15 is 0 Å². The van der Waals surface area contributed by atoms with Crippen LogP contribution in [-0.2, 0) is 4.74 Å². The lowest BCUT2D eigenvalue weighted by molar-refractivity contribution is 0.0607. The molecule has 10 heteroatoms. The van der Waals surface area contributed by atoms with Gasteiger partial charge in [-0.25, -0.2) is 14.6 Å². The fraction of sp³-hybridized carbons (Fsp3) is 0.276. The summed E-state index contributed by atoms with van der Waals surface area (Å²) >= 11 is 1.19. The molecule has 0 bridgehead atoms. The van der Waals surface area contributed by atoms with Crippen LogP contribution in [0, 0.1) is 6.92 Å². The molecule has 202 valence electrons. The Balaban J connectivity index is 1.48. The van der Waals surface area contributed by atoms with Crippen molar-refractivity contribution in [3.05, 3.63) is 65.2 Å². The van der Waals surface area contributed by atoms with Gasteiger partial charge < -0.3 is 19.2 Å². The summed E-state index contributed by atoms with van der Waals surface area (Å²) in [6.45, 7) is 12.9. The van der Waals surface area contributed by atoms with Crippen LogP contribution in [0.25, 0.3) is 10.2 Å². The molecule has 39 heavy (non-hydrogen) atoms. The molecule has 2 amide bonds. The zero-order valence-electron chi connectivity index (χ0n) is 23.0. The molecular weight excluding hydrogens is 530 g/mol.